The highest BCUT2D eigenvalue weighted by Gasteiger charge is 2.18. The molecule has 0 nitrogen and oxygen atoms in total. The molecular weight excluding hydrogens is 347 g/mol. The highest BCUT2D eigenvalue weighted by atomic mass is 35.5. The van der Waals surface area contributed by atoms with Crippen molar-refractivity contribution in [3.63, 3.8) is 0 Å². The molecule has 0 saturated carbocycles. The summed E-state index contributed by atoms with van der Waals surface area (Å²) in [4.78, 5) is 0. The Morgan fingerprint density at radius 3 is 2.44 bits per heavy atom. The monoisotopic (exact) mass is 364 g/mol. The van der Waals surface area contributed by atoms with Gasteiger partial charge in [-0.25, -0.2) is 0 Å². The van der Waals surface area contributed by atoms with Gasteiger partial charge in [-0.15, -0.1) is 0 Å². The van der Waals surface area contributed by atoms with Crippen LogP contribution in [0.15, 0.2) is 66.7 Å². The van der Waals surface area contributed by atoms with E-state index in [9.17, 15) is 0 Å². The van der Waals surface area contributed by atoms with Gasteiger partial charge < -0.3 is 0 Å². The lowest BCUT2D eigenvalue weighted by molar-refractivity contribution is 1.06. The van der Waals surface area contributed by atoms with Crippen LogP contribution in [0, 0.1) is 6.92 Å². The van der Waals surface area contributed by atoms with E-state index in [0.29, 0.717) is 10.0 Å². The molecule has 0 aliphatic heterocycles. The number of halogens is 2. The molecule has 0 amide bonds. The van der Waals surface area contributed by atoms with Crippen molar-refractivity contribution in [2.75, 3.05) is 0 Å². The van der Waals surface area contributed by atoms with Gasteiger partial charge in [0.15, 0.2) is 0 Å². The van der Waals surface area contributed by atoms with Crippen LogP contribution < -0.4 is 0 Å². The summed E-state index contributed by atoms with van der Waals surface area (Å²) in [7, 11) is 0. The molecule has 0 aromatic heterocycles. The number of allylic oxidation sites excluding steroid dienone is 4. The van der Waals surface area contributed by atoms with Crippen molar-refractivity contribution < 1.29 is 0 Å². The van der Waals surface area contributed by atoms with Gasteiger partial charge >= 0.3 is 0 Å². The summed E-state index contributed by atoms with van der Waals surface area (Å²) in [6, 6.07) is 19.0. The van der Waals surface area contributed by atoms with Gasteiger partial charge in [-0.2, -0.15) is 0 Å². The minimum absolute atomic E-state index is 0.639. The molecule has 0 saturated heterocycles. The number of hydrogen-bond donors (Lipinski definition) is 0. The van der Waals surface area contributed by atoms with Crippen molar-refractivity contribution in [3.8, 4) is 0 Å². The van der Waals surface area contributed by atoms with E-state index in [1.807, 2.05) is 18.2 Å². The summed E-state index contributed by atoms with van der Waals surface area (Å²) in [5.74, 6) is 0. The third-order valence-electron chi connectivity index (χ3n) is 4.78. The molecule has 0 bridgehead atoms. The molecule has 1 aliphatic carbocycles. The Morgan fingerprint density at radius 2 is 1.64 bits per heavy atom. The van der Waals surface area contributed by atoms with Crippen LogP contribution in [0.5, 0.6) is 0 Å². The summed E-state index contributed by atoms with van der Waals surface area (Å²) < 4.78 is 0. The molecule has 4 rings (SSSR count). The van der Waals surface area contributed by atoms with Crippen LogP contribution in [0.3, 0.4) is 0 Å². The smallest absolute Gasteiger partial charge is 0.0676 e. The second-order valence-electron chi connectivity index (χ2n) is 6.47. The Morgan fingerprint density at radius 1 is 0.880 bits per heavy atom. The molecule has 25 heavy (non-hydrogen) atoms. The van der Waals surface area contributed by atoms with Crippen molar-refractivity contribution in [3.05, 3.63) is 93.5 Å². The fourth-order valence-corrected chi connectivity index (χ4v) is 3.99. The summed E-state index contributed by atoms with van der Waals surface area (Å²) in [5.41, 5.74) is 6.03. The minimum atomic E-state index is 0.639. The van der Waals surface area contributed by atoms with E-state index in [-0.39, 0.29) is 0 Å². The fraction of sp³-hybridized carbons (Fsp3) is 0.130. The van der Waals surface area contributed by atoms with E-state index >= 15 is 0 Å². The first-order valence-electron chi connectivity index (χ1n) is 8.49. The lowest BCUT2D eigenvalue weighted by Gasteiger charge is -2.19. The molecule has 3 aromatic carbocycles. The predicted octanol–water partition coefficient (Wildman–Crippen LogP) is 7.72. The van der Waals surface area contributed by atoms with Gasteiger partial charge in [-0.05, 0) is 53.5 Å². The van der Waals surface area contributed by atoms with E-state index < -0.39 is 0 Å². The molecule has 0 N–H and O–H groups in total. The van der Waals surface area contributed by atoms with Crippen molar-refractivity contribution in [1.29, 1.82) is 0 Å². The van der Waals surface area contributed by atoms with E-state index in [4.69, 9.17) is 23.2 Å². The lowest BCUT2D eigenvalue weighted by Crippen LogP contribution is -1.97. The Balaban J connectivity index is 1.97. The molecule has 0 fully saturated rings. The average molecular weight is 365 g/mol. The van der Waals surface area contributed by atoms with Crippen LogP contribution in [0.25, 0.3) is 21.9 Å². The third kappa shape index (κ3) is 3.01. The molecule has 0 radical (unpaired) electrons. The Kier molecular flexibility index (Phi) is 4.41. The van der Waals surface area contributed by atoms with Gasteiger partial charge in [0, 0.05) is 5.39 Å². The Labute approximate surface area is 158 Å². The summed E-state index contributed by atoms with van der Waals surface area (Å²) in [6.45, 7) is 2.11. The zero-order chi connectivity index (χ0) is 17.4. The largest absolute Gasteiger partial charge is 0.0836 e. The molecule has 3 aromatic rings. The van der Waals surface area contributed by atoms with E-state index in [1.54, 1.807) is 0 Å². The van der Waals surface area contributed by atoms with Gasteiger partial charge in [0.05, 0.1) is 10.0 Å². The fourth-order valence-electron chi connectivity index (χ4n) is 3.45. The molecule has 2 heteroatoms. The van der Waals surface area contributed by atoms with Crippen LogP contribution >= 0.6 is 23.2 Å². The van der Waals surface area contributed by atoms with Crippen LogP contribution in [-0.2, 0) is 0 Å². The third-order valence-corrected chi connectivity index (χ3v) is 5.67. The molecule has 0 spiro atoms. The number of rotatable bonds is 2. The minimum Gasteiger partial charge on any atom is -0.0836 e. The first-order chi connectivity index (χ1) is 12.1. The van der Waals surface area contributed by atoms with Gasteiger partial charge in [0.1, 0.15) is 0 Å². The van der Waals surface area contributed by atoms with Crippen LogP contribution in [0.2, 0.25) is 10.0 Å². The van der Waals surface area contributed by atoms with Crippen LogP contribution in [-0.4, -0.2) is 0 Å². The van der Waals surface area contributed by atoms with Crippen molar-refractivity contribution in [2.24, 2.45) is 0 Å². The van der Waals surface area contributed by atoms with E-state index in [2.05, 4.69) is 55.5 Å². The standard InChI is InChI=1S/C23H18Cl2/c1-15-10-12-16(13-11-15)18-7-4-5-9-20(18)21-14-17-6-2-3-8-19(17)22(24)23(21)25/h2-4,6-8,10-14H,5,9H2,1H3. The van der Waals surface area contributed by atoms with Crippen molar-refractivity contribution in [2.45, 2.75) is 19.8 Å². The molecule has 0 unspecified atom stereocenters. The van der Waals surface area contributed by atoms with Gasteiger partial charge in [0.25, 0.3) is 0 Å². The second-order valence-corrected chi connectivity index (χ2v) is 7.23. The van der Waals surface area contributed by atoms with Gasteiger partial charge in [0.2, 0.25) is 0 Å². The van der Waals surface area contributed by atoms with Crippen LogP contribution in [0.4, 0.5) is 0 Å². The zero-order valence-electron chi connectivity index (χ0n) is 14.0. The topological polar surface area (TPSA) is 0 Å². The summed E-state index contributed by atoms with van der Waals surface area (Å²) in [6.07, 6.45) is 6.43. The van der Waals surface area contributed by atoms with Gasteiger partial charge in [-0.1, -0.05) is 89.4 Å². The van der Waals surface area contributed by atoms with Crippen molar-refractivity contribution >= 4 is 45.1 Å². The maximum Gasteiger partial charge on any atom is 0.0676 e. The molecule has 0 heterocycles. The zero-order valence-corrected chi connectivity index (χ0v) is 15.5. The predicted molar refractivity (Wildman–Crippen MR) is 110 cm³/mol. The molecule has 124 valence electrons. The average Bonchev–Trinajstić information content (AvgIpc) is 2.65. The Hall–Kier alpha value is -2.02. The molecular formula is C23H18Cl2. The summed E-state index contributed by atoms with van der Waals surface area (Å²) >= 11 is 13.3. The highest BCUT2D eigenvalue weighted by molar-refractivity contribution is 6.46. The van der Waals surface area contributed by atoms with Crippen LogP contribution in [0.1, 0.15) is 29.5 Å². The molecule has 1 aliphatic rings. The SMILES string of the molecule is Cc1ccc(C2=C(c3cc4ccccc4c(Cl)c3Cl)CCC=C2)cc1. The summed E-state index contributed by atoms with van der Waals surface area (Å²) in [5, 5.41) is 3.41. The van der Waals surface area contributed by atoms with E-state index in [1.165, 1.54) is 22.3 Å². The van der Waals surface area contributed by atoms with Crippen molar-refractivity contribution in [1.82, 2.24) is 0 Å². The second kappa shape index (κ2) is 6.71. The Bertz CT molecular complexity index is 1010. The molecule has 0 atom stereocenters. The highest BCUT2D eigenvalue weighted by Crippen LogP contribution is 2.42. The first-order valence-corrected chi connectivity index (χ1v) is 9.24. The number of aryl methyl sites for hydroxylation is 1. The maximum absolute atomic E-state index is 6.69. The lowest BCUT2D eigenvalue weighted by atomic mass is 9.87. The maximum atomic E-state index is 6.69. The quantitative estimate of drug-likeness (QED) is 0.436. The van der Waals surface area contributed by atoms with Gasteiger partial charge in [-0.3, -0.25) is 0 Å². The number of fused-ring (bicyclic) bond motifs is 1. The number of benzene rings is 3. The van der Waals surface area contributed by atoms with E-state index in [0.717, 1.165) is 29.2 Å². The first kappa shape index (κ1) is 16.4. The number of hydrogen-bond acceptors (Lipinski definition) is 0. The normalized spacial score (nSPS) is 14.4.